The van der Waals surface area contributed by atoms with Crippen LogP contribution in [-0.2, 0) is 4.79 Å². The molecule has 1 amide bonds. The molecule has 0 radical (unpaired) electrons. The van der Waals surface area contributed by atoms with Crippen LogP contribution in [0.25, 0.3) is 0 Å². The Bertz CT molecular complexity index is 373. The molecule has 0 spiro atoms. The van der Waals surface area contributed by atoms with Crippen LogP contribution in [0, 0.1) is 0 Å². The lowest BCUT2D eigenvalue weighted by Crippen LogP contribution is -2.50. The number of carbonyl (C=O) groups is 1. The van der Waals surface area contributed by atoms with Gasteiger partial charge in [0.25, 0.3) is 0 Å². The SMILES string of the molecule is CCCC1(C(=O)Nc2ncccn2)CCCN1. The summed E-state index contributed by atoms with van der Waals surface area (Å²) >= 11 is 0. The van der Waals surface area contributed by atoms with Gasteiger partial charge >= 0.3 is 0 Å². The molecule has 1 unspecified atom stereocenters. The number of aromatic nitrogens is 2. The van der Waals surface area contributed by atoms with Crippen molar-refractivity contribution in [3.63, 3.8) is 0 Å². The van der Waals surface area contributed by atoms with Gasteiger partial charge in [0.15, 0.2) is 0 Å². The number of hydrogen-bond acceptors (Lipinski definition) is 4. The third-order valence-electron chi connectivity index (χ3n) is 3.15. The zero-order valence-electron chi connectivity index (χ0n) is 10.1. The van der Waals surface area contributed by atoms with E-state index in [0.29, 0.717) is 5.95 Å². The van der Waals surface area contributed by atoms with E-state index in [1.807, 2.05) is 0 Å². The monoisotopic (exact) mass is 234 g/mol. The Balaban J connectivity index is 2.07. The molecular formula is C12H18N4O. The molecule has 5 heteroatoms. The summed E-state index contributed by atoms with van der Waals surface area (Å²) in [4.78, 5) is 20.3. The fourth-order valence-electron chi connectivity index (χ4n) is 2.34. The third-order valence-corrected chi connectivity index (χ3v) is 3.15. The van der Waals surface area contributed by atoms with Gasteiger partial charge in [0.2, 0.25) is 11.9 Å². The minimum absolute atomic E-state index is 0.0111. The molecule has 17 heavy (non-hydrogen) atoms. The number of hydrogen-bond donors (Lipinski definition) is 2. The predicted molar refractivity (Wildman–Crippen MR) is 65.5 cm³/mol. The number of nitrogens with one attached hydrogen (secondary N) is 2. The maximum Gasteiger partial charge on any atom is 0.247 e. The summed E-state index contributed by atoms with van der Waals surface area (Å²) in [5.41, 5.74) is -0.423. The largest absolute Gasteiger partial charge is 0.303 e. The second-order valence-corrected chi connectivity index (χ2v) is 4.39. The number of amides is 1. The van der Waals surface area contributed by atoms with E-state index >= 15 is 0 Å². The molecule has 2 rings (SSSR count). The van der Waals surface area contributed by atoms with Crippen molar-refractivity contribution in [2.24, 2.45) is 0 Å². The van der Waals surface area contributed by atoms with E-state index in [4.69, 9.17) is 0 Å². The molecule has 92 valence electrons. The lowest BCUT2D eigenvalue weighted by molar-refractivity contribution is -0.122. The maximum absolute atomic E-state index is 12.3. The van der Waals surface area contributed by atoms with Crippen molar-refractivity contribution in [3.8, 4) is 0 Å². The molecule has 1 aliphatic rings. The number of anilines is 1. The van der Waals surface area contributed by atoms with Gasteiger partial charge in [0, 0.05) is 12.4 Å². The topological polar surface area (TPSA) is 66.9 Å². The standard InChI is InChI=1S/C12H18N4O/c1-2-5-12(6-3-9-15-12)10(17)16-11-13-7-4-8-14-11/h4,7-8,15H,2-3,5-6,9H2,1H3,(H,13,14,16,17). The van der Waals surface area contributed by atoms with Gasteiger partial charge in [-0.25, -0.2) is 9.97 Å². The Morgan fingerprint density at radius 1 is 1.53 bits per heavy atom. The molecule has 0 bridgehead atoms. The molecule has 1 aliphatic heterocycles. The minimum Gasteiger partial charge on any atom is -0.303 e. The van der Waals surface area contributed by atoms with Crippen LogP contribution in [0.15, 0.2) is 18.5 Å². The normalized spacial score (nSPS) is 23.6. The minimum atomic E-state index is -0.423. The van der Waals surface area contributed by atoms with Gasteiger partial charge in [-0.15, -0.1) is 0 Å². The fourth-order valence-corrected chi connectivity index (χ4v) is 2.34. The Kier molecular flexibility index (Phi) is 3.68. The highest BCUT2D eigenvalue weighted by Crippen LogP contribution is 2.25. The van der Waals surface area contributed by atoms with E-state index in [-0.39, 0.29) is 5.91 Å². The lowest BCUT2D eigenvalue weighted by Gasteiger charge is -2.27. The Morgan fingerprint density at radius 2 is 2.29 bits per heavy atom. The molecule has 1 aromatic heterocycles. The summed E-state index contributed by atoms with van der Waals surface area (Å²) in [6.07, 6.45) is 7.01. The molecule has 2 heterocycles. The number of nitrogens with zero attached hydrogens (tertiary/aromatic N) is 2. The first-order valence-corrected chi connectivity index (χ1v) is 6.10. The molecule has 1 atom stereocenters. The molecular weight excluding hydrogens is 216 g/mol. The highest BCUT2D eigenvalue weighted by molar-refractivity contribution is 5.97. The van der Waals surface area contributed by atoms with Crippen molar-refractivity contribution in [2.45, 2.75) is 38.1 Å². The van der Waals surface area contributed by atoms with Gasteiger partial charge in [-0.2, -0.15) is 0 Å². The molecule has 1 aromatic rings. The van der Waals surface area contributed by atoms with Crippen molar-refractivity contribution in [3.05, 3.63) is 18.5 Å². The van der Waals surface area contributed by atoms with Gasteiger partial charge in [-0.3, -0.25) is 10.1 Å². The van der Waals surface area contributed by atoms with Crippen LogP contribution in [0.4, 0.5) is 5.95 Å². The quantitative estimate of drug-likeness (QED) is 0.825. The van der Waals surface area contributed by atoms with Crippen LogP contribution in [0.5, 0.6) is 0 Å². The summed E-state index contributed by atoms with van der Waals surface area (Å²) in [5.74, 6) is 0.365. The lowest BCUT2D eigenvalue weighted by atomic mass is 9.91. The van der Waals surface area contributed by atoms with Crippen LogP contribution in [-0.4, -0.2) is 28.0 Å². The Morgan fingerprint density at radius 3 is 2.88 bits per heavy atom. The van der Waals surface area contributed by atoms with Crippen LogP contribution in [0.3, 0.4) is 0 Å². The van der Waals surface area contributed by atoms with Crippen molar-refractivity contribution in [1.29, 1.82) is 0 Å². The third kappa shape index (κ3) is 2.61. The van der Waals surface area contributed by atoms with E-state index in [9.17, 15) is 4.79 Å². The Labute approximate surface area is 101 Å². The van der Waals surface area contributed by atoms with Gasteiger partial charge < -0.3 is 5.32 Å². The zero-order valence-corrected chi connectivity index (χ0v) is 10.1. The first kappa shape index (κ1) is 12.0. The molecule has 1 fully saturated rings. The van der Waals surface area contributed by atoms with Gasteiger partial charge in [0.1, 0.15) is 0 Å². The van der Waals surface area contributed by atoms with Crippen molar-refractivity contribution < 1.29 is 4.79 Å². The maximum atomic E-state index is 12.3. The van der Waals surface area contributed by atoms with Crippen molar-refractivity contribution >= 4 is 11.9 Å². The zero-order chi connectivity index (χ0) is 12.1. The van der Waals surface area contributed by atoms with E-state index in [1.54, 1.807) is 18.5 Å². The molecule has 5 nitrogen and oxygen atoms in total. The van der Waals surface area contributed by atoms with Crippen LogP contribution < -0.4 is 10.6 Å². The van der Waals surface area contributed by atoms with Gasteiger partial charge in [-0.05, 0) is 31.9 Å². The van der Waals surface area contributed by atoms with E-state index in [2.05, 4.69) is 27.5 Å². The predicted octanol–water partition coefficient (Wildman–Crippen LogP) is 1.34. The molecule has 0 saturated carbocycles. The Hall–Kier alpha value is -1.49. The second-order valence-electron chi connectivity index (χ2n) is 4.39. The molecule has 2 N–H and O–H groups in total. The van der Waals surface area contributed by atoms with Gasteiger partial charge in [0.05, 0.1) is 5.54 Å². The summed E-state index contributed by atoms with van der Waals surface area (Å²) in [6, 6.07) is 1.73. The van der Waals surface area contributed by atoms with E-state index in [0.717, 1.165) is 32.2 Å². The first-order chi connectivity index (χ1) is 8.27. The number of rotatable bonds is 4. The van der Waals surface area contributed by atoms with E-state index < -0.39 is 5.54 Å². The average molecular weight is 234 g/mol. The molecule has 1 saturated heterocycles. The van der Waals surface area contributed by atoms with Crippen LogP contribution >= 0.6 is 0 Å². The van der Waals surface area contributed by atoms with E-state index in [1.165, 1.54) is 0 Å². The first-order valence-electron chi connectivity index (χ1n) is 6.10. The summed E-state index contributed by atoms with van der Waals surface area (Å²) in [7, 11) is 0. The smallest absolute Gasteiger partial charge is 0.247 e. The highest BCUT2D eigenvalue weighted by Gasteiger charge is 2.40. The number of carbonyl (C=O) groups excluding carboxylic acids is 1. The summed E-state index contributed by atoms with van der Waals surface area (Å²) in [5, 5.41) is 6.11. The van der Waals surface area contributed by atoms with Crippen LogP contribution in [0.2, 0.25) is 0 Å². The molecule has 0 aliphatic carbocycles. The second kappa shape index (κ2) is 5.23. The fraction of sp³-hybridized carbons (Fsp3) is 0.583. The van der Waals surface area contributed by atoms with Crippen LogP contribution in [0.1, 0.15) is 32.6 Å². The highest BCUT2D eigenvalue weighted by atomic mass is 16.2. The van der Waals surface area contributed by atoms with Gasteiger partial charge in [-0.1, -0.05) is 13.3 Å². The average Bonchev–Trinajstić information content (AvgIpc) is 2.81. The van der Waals surface area contributed by atoms with Crippen molar-refractivity contribution in [1.82, 2.24) is 15.3 Å². The molecule has 0 aromatic carbocycles. The summed E-state index contributed by atoms with van der Waals surface area (Å²) in [6.45, 7) is 3.00. The van der Waals surface area contributed by atoms with Crippen molar-refractivity contribution in [2.75, 3.05) is 11.9 Å². The summed E-state index contributed by atoms with van der Waals surface area (Å²) < 4.78 is 0.